The molecule has 0 saturated carbocycles. The predicted molar refractivity (Wildman–Crippen MR) is 143 cm³/mol. The van der Waals surface area contributed by atoms with E-state index < -0.39 is 12.1 Å². The van der Waals surface area contributed by atoms with E-state index in [9.17, 15) is 10.1 Å². The fourth-order valence-electron chi connectivity index (χ4n) is 4.30. The van der Waals surface area contributed by atoms with Gasteiger partial charge in [-0.1, -0.05) is 70.2 Å². The van der Waals surface area contributed by atoms with Crippen LogP contribution in [0.1, 0.15) is 74.6 Å². The zero-order chi connectivity index (χ0) is 26.7. The third kappa shape index (κ3) is 5.62. The molecule has 1 heterocycles. The third-order valence-corrected chi connectivity index (χ3v) is 6.54. The molecule has 2 unspecified atom stereocenters. The molecule has 0 bridgehead atoms. The first-order chi connectivity index (χ1) is 17.7. The number of hydrogen-bond donors (Lipinski definition) is 1. The number of rotatable bonds is 7. The lowest BCUT2D eigenvalue weighted by molar-refractivity contribution is -0.141. The Kier molecular flexibility index (Phi) is 7.54. The van der Waals surface area contributed by atoms with Gasteiger partial charge < -0.3 is 19.9 Å². The Bertz CT molecular complexity index is 1350. The second-order valence-electron chi connectivity index (χ2n) is 9.85. The first kappa shape index (κ1) is 25.8. The van der Waals surface area contributed by atoms with Crippen molar-refractivity contribution in [3.8, 4) is 23.3 Å². The molecule has 0 saturated heterocycles. The summed E-state index contributed by atoms with van der Waals surface area (Å²) in [5.41, 5.74) is 10.6. The summed E-state index contributed by atoms with van der Waals surface area (Å²) < 4.78 is 17.1. The van der Waals surface area contributed by atoms with E-state index in [0.717, 1.165) is 11.1 Å². The van der Waals surface area contributed by atoms with Gasteiger partial charge in [0.25, 0.3) is 0 Å². The van der Waals surface area contributed by atoms with E-state index in [0.29, 0.717) is 34.7 Å². The number of carbonyl (C=O) groups is 1. The maximum atomic E-state index is 12.7. The normalized spacial score (nSPS) is 15.6. The van der Waals surface area contributed by atoms with Crippen molar-refractivity contribution in [2.45, 2.75) is 58.5 Å². The van der Waals surface area contributed by atoms with Crippen LogP contribution in [-0.2, 0) is 4.79 Å². The maximum absolute atomic E-state index is 12.7. The molecular weight excluding hydrogens is 464 g/mol. The Morgan fingerprint density at radius 3 is 2.03 bits per heavy atom. The molecule has 0 amide bonds. The van der Waals surface area contributed by atoms with Crippen molar-refractivity contribution in [3.63, 3.8) is 0 Å². The van der Waals surface area contributed by atoms with Crippen LogP contribution >= 0.6 is 0 Å². The molecule has 190 valence electrons. The van der Waals surface area contributed by atoms with E-state index in [2.05, 4.69) is 45.9 Å². The Morgan fingerprint density at radius 2 is 1.46 bits per heavy atom. The number of nitrogens with zero attached hydrogens (tertiary/aromatic N) is 1. The summed E-state index contributed by atoms with van der Waals surface area (Å²) in [5, 5.41) is 9.81. The smallest absolute Gasteiger partial charge is 0.352 e. The van der Waals surface area contributed by atoms with Gasteiger partial charge in [-0.15, -0.1) is 0 Å². The van der Waals surface area contributed by atoms with Crippen LogP contribution < -0.4 is 19.9 Å². The van der Waals surface area contributed by atoms with Gasteiger partial charge in [-0.3, -0.25) is 0 Å². The number of ether oxygens (including phenoxy) is 3. The molecule has 0 aliphatic carbocycles. The maximum Gasteiger partial charge on any atom is 0.352 e. The minimum Gasteiger partial charge on any atom is -0.479 e. The number of nitriles is 1. The number of fused-ring (bicyclic) bond motifs is 1. The van der Waals surface area contributed by atoms with Crippen molar-refractivity contribution < 1.29 is 19.0 Å². The molecule has 2 atom stereocenters. The molecular formula is C31H32N2O4. The Labute approximate surface area is 218 Å². The summed E-state index contributed by atoms with van der Waals surface area (Å²) in [6, 6.07) is 23.1. The lowest BCUT2D eigenvalue weighted by Gasteiger charge is -2.27. The van der Waals surface area contributed by atoms with Crippen molar-refractivity contribution in [2.75, 3.05) is 0 Å². The monoisotopic (exact) mass is 496 g/mol. The average Bonchev–Trinajstić information content (AvgIpc) is 2.88. The number of benzene rings is 3. The minimum absolute atomic E-state index is 0.0398. The van der Waals surface area contributed by atoms with Crippen LogP contribution in [0.15, 0.2) is 78.2 Å². The van der Waals surface area contributed by atoms with Gasteiger partial charge in [0.1, 0.15) is 28.9 Å². The standard InChI is InChI=1S/C31H32N2O4/c1-18(2)21-6-8-23(9-7-21)29-26-15-14-25(16-28(26)37-30(33)27(29)17-32)36-31(34)20(5)35-24-12-10-22(11-13-24)19(3)4/h6-16,18-20,29H,33H2,1-5H3. The molecule has 1 aliphatic heterocycles. The lowest BCUT2D eigenvalue weighted by atomic mass is 9.83. The van der Waals surface area contributed by atoms with Gasteiger partial charge in [-0.05, 0) is 53.6 Å². The lowest BCUT2D eigenvalue weighted by Crippen LogP contribution is -2.28. The van der Waals surface area contributed by atoms with Gasteiger partial charge in [0.15, 0.2) is 6.10 Å². The molecule has 6 heteroatoms. The van der Waals surface area contributed by atoms with E-state index in [1.165, 1.54) is 11.1 Å². The van der Waals surface area contributed by atoms with Crippen LogP contribution in [0.25, 0.3) is 0 Å². The molecule has 0 spiro atoms. The topological polar surface area (TPSA) is 94.6 Å². The van der Waals surface area contributed by atoms with Gasteiger partial charge in [-0.2, -0.15) is 5.26 Å². The first-order valence-corrected chi connectivity index (χ1v) is 12.5. The largest absolute Gasteiger partial charge is 0.479 e. The Balaban J connectivity index is 1.53. The second kappa shape index (κ2) is 10.8. The van der Waals surface area contributed by atoms with E-state index in [1.807, 2.05) is 36.4 Å². The van der Waals surface area contributed by atoms with Gasteiger partial charge >= 0.3 is 5.97 Å². The average molecular weight is 497 g/mol. The first-order valence-electron chi connectivity index (χ1n) is 12.5. The van der Waals surface area contributed by atoms with Crippen molar-refractivity contribution in [1.29, 1.82) is 5.26 Å². The van der Waals surface area contributed by atoms with Gasteiger partial charge in [-0.25, -0.2) is 4.79 Å². The summed E-state index contributed by atoms with van der Waals surface area (Å²) in [5.74, 6) is 1.27. The molecule has 37 heavy (non-hydrogen) atoms. The van der Waals surface area contributed by atoms with Crippen LogP contribution in [0.3, 0.4) is 0 Å². The zero-order valence-electron chi connectivity index (χ0n) is 21.8. The van der Waals surface area contributed by atoms with Crippen LogP contribution in [0.4, 0.5) is 0 Å². The SMILES string of the molecule is CC(Oc1ccc(C(C)C)cc1)C(=O)Oc1ccc2c(c1)OC(N)=C(C#N)C2c1ccc(C(C)C)cc1. The van der Waals surface area contributed by atoms with E-state index >= 15 is 0 Å². The molecule has 3 aromatic carbocycles. The van der Waals surface area contributed by atoms with E-state index in [1.54, 1.807) is 25.1 Å². The van der Waals surface area contributed by atoms with Crippen LogP contribution in [0.5, 0.6) is 17.2 Å². The molecule has 0 fully saturated rings. The zero-order valence-corrected chi connectivity index (χ0v) is 21.8. The highest BCUT2D eigenvalue weighted by molar-refractivity contribution is 5.77. The van der Waals surface area contributed by atoms with Crippen molar-refractivity contribution >= 4 is 5.97 Å². The van der Waals surface area contributed by atoms with Crippen molar-refractivity contribution in [1.82, 2.24) is 0 Å². The predicted octanol–water partition coefficient (Wildman–Crippen LogP) is 6.52. The number of allylic oxidation sites excluding steroid dienone is 1. The summed E-state index contributed by atoms with van der Waals surface area (Å²) in [6.45, 7) is 10.1. The number of nitrogens with two attached hydrogens (primary N) is 1. The molecule has 1 aliphatic rings. The second-order valence-corrected chi connectivity index (χ2v) is 9.85. The highest BCUT2D eigenvalue weighted by atomic mass is 16.6. The quantitative estimate of drug-likeness (QED) is 0.295. The summed E-state index contributed by atoms with van der Waals surface area (Å²) in [4.78, 5) is 12.7. The van der Waals surface area contributed by atoms with Gasteiger partial charge in [0.05, 0.1) is 5.92 Å². The molecule has 4 rings (SSSR count). The van der Waals surface area contributed by atoms with Gasteiger partial charge in [0.2, 0.25) is 5.88 Å². The summed E-state index contributed by atoms with van der Waals surface area (Å²) >= 11 is 0. The van der Waals surface area contributed by atoms with Crippen molar-refractivity contribution in [3.05, 3.63) is 100 Å². The van der Waals surface area contributed by atoms with Crippen LogP contribution in [0, 0.1) is 11.3 Å². The minimum atomic E-state index is -0.816. The van der Waals surface area contributed by atoms with Crippen LogP contribution in [-0.4, -0.2) is 12.1 Å². The van der Waals surface area contributed by atoms with Crippen molar-refractivity contribution in [2.24, 2.45) is 5.73 Å². The van der Waals surface area contributed by atoms with E-state index in [-0.39, 0.29) is 11.8 Å². The highest BCUT2D eigenvalue weighted by Crippen LogP contribution is 2.43. The number of esters is 1. The Morgan fingerprint density at radius 1 is 0.892 bits per heavy atom. The number of hydrogen-bond acceptors (Lipinski definition) is 6. The fraction of sp³-hybridized carbons (Fsp3) is 0.290. The molecule has 2 N–H and O–H groups in total. The molecule has 0 radical (unpaired) electrons. The molecule has 3 aromatic rings. The molecule has 0 aromatic heterocycles. The van der Waals surface area contributed by atoms with E-state index in [4.69, 9.17) is 19.9 Å². The number of carbonyl (C=O) groups excluding carboxylic acids is 1. The van der Waals surface area contributed by atoms with Gasteiger partial charge in [0, 0.05) is 11.6 Å². The summed E-state index contributed by atoms with van der Waals surface area (Å²) in [6.07, 6.45) is -0.816. The third-order valence-electron chi connectivity index (χ3n) is 6.54. The summed E-state index contributed by atoms with van der Waals surface area (Å²) in [7, 11) is 0. The fourth-order valence-corrected chi connectivity index (χ4v) is 4.30. The highest BCUT2D eigenvalue weighted by Gasteiger charge is 2.31. The Hall–Kier alpha value is -4.24. The molecule has 6 nitrogen and oxygen atoms in total. The van der Waals surface area contributed by atoms with Crippen LogP contribution in [0.2, 0.25) is 0 Å².